The Bertz CT molecular complexity index is 474. The van der Waals surface area contributed by atoms with Crippen LogP contribution in [-0.2, 0) is 16.0 Å². The third kappa shape index (κ3) is 4.28. The fourth-order valence-corrected chi connectivity index (χ4v) is 1.60. The average Bonchev–Trinajstić information content (AvgIpc) is 2.35. The number of carboxylic acids is 1. The van der Waals surface area contributed by atoms with Gasteiger partial charge in [-0.1, -0.05) is 19.1 Å². The zero-order valence-electron chi connectivity index (χ0n) is 11.3. The highest BCUT2D eigenvalue weighted by molar-refractivity contribution is 5.80. The molecule has 0 saturated carbocycles. The normalized spacial score (nSPS) is 13.6. The Hall–Kier alpha value is -2.04. The SMILES string of the molecule is CCC(C)(CNC(=O)Cc1cccc(N)c1)C(=O)O. The number of nitrogens with one attached hydrogen (secondary N) is 1. The number of aliphatic carboxylic acids is 1. The van der Waals surface area contributed by atoms with Crippen LogP contribution in [0.4, 0.5) is 5.69 Å². The van der Waals surface area contributed by atoms with Crippen LogP contribution in [0.2, 0.25) is 0 Å². The van der Waals surface area contributed by atoms with E-state index in [1.165, 1.54) is 0 Å². The predicted octanol–water partition coefficient (Wildman–Crippen LogP) is 1.43. The van der Waals surface area contributed by atoms with Crippen LogP contribution in [0.3, 0.4) is 0 Å². The summed E-state index contributed by atoms with van der Waals surface area (Å²) >= 11 is 0. The second kappa shape index (κ2) is 6.22. The van der Waals surface area contributed by atoms with Crippen LogP contribution in [0.5, 0.6) is 0 Å². The molecule has 1 aromatic rings. The lowest BCUT2D eigenvalue weighted by Gasteiger charge is -2.23. The molecule has 0 bridgehead atoms. The van der Waals surface area contributed by atoms with E-state index in [4.69, 9.17) is 10.8 Å². The zero-order valence-corrected chi connectivity index (χ0v) is 11.3. The van der Waals surface area contributed by atoms with Gasteiger partial charge in [0, 0.05) is 12.2 Å². The summed E-state index contributed by atoms with van der Waals surface area (Å²) in [5.41, 5.74) is 6.12. The highest BCUT2D eigenvalue weighted by Gasteiger charge is 2.31. The number of nitrogens with two attached hydrogens (primary N) is 1. The van der Waals surface area contributed by atoms with E-state index in [-0.39, 0.29) is 18.9 Å². The molecule has 1 aromatic carbocycles. The first-order valence-corrected chi connectivity index (χ1v) is 6.22. The van der Waals surface area contributed by atoms with E-state index >= 15 is 0 Å². The first kappa shape index (κ1) is 15.0. The van der Waals surface area contributed by atoms with E-state index in [0.717, 1.165) is 5.56 Å². The number of hydrogen-bond donors (Lipinski definition) is 3. The van der Waals surface area contributed by atoms with Crippen molar-refractivity contribution in [1.82, 2.24) is 5.32 Å². The monoisotopic (exact) mass is 264 g/mol. The number of anilines is 1. The molecule has 1 amide bonds. The van der Waals surface area contributed by atoms with Gasteiger partial charge in [0.25, 0.3) is 0 Å². The van der Waals surface area contributed by atoms with Gasteiger partial charge in [0.2, 0.25) is 5.91 Å². The molecule has 1 atom stereocenters. The Labute approximate surface area is 112 Å². The molecule has 0 spiro atoms. The minimum Gasteiger partial charge on any atom is -0.481 e. The summed E-state index contributed by atoms with van der Waals surface area (Å²) in [5.74, 6) is -1.11. The molecule has 0 aliphatic rings. The van der Waals surface area contributed by atoms with Gasteiger partial charge in [0.15, 0.2) is 0 Å². The van der Waals surface area contributed by atoms with Gasteiger partial charge in [-0.15, -0.1) is 0 Å². The molecule has 1 unspecified atom stereocenters. The quantitative estimate of drug-likeness (QED) is 0.678. The van der Waals surface area contributed by atoms with E-state index < -0.39 is 11.4 Å². The van der Waals surface area contributed by atoms with Gasteiger partial charge in [-0.25, -0.2) is 0 Å². The van der Waals surface area contributed by atoms with Crippen LogP contribution < -0.4 is 11.1 Å². The van der Waals surface area contributed by atoms with Crippen LogP contribution in [-0.4, -0.2) is 23.5 Å². The standard InChI is InChI=1S/C14H20N2O3/c1-3-14(2,13(18)19)9-16-12(17)8-10-5-4-6-11(15)7-10/h4-7H,3,8-9,15H2,1-2H3,(H,16,17)(H,18,19). The van der Waals surface area contributed by atoms with Crippen molar-refractivity contribution < 1.29 is 14.7 Å². The van der Waals surface area contributed by atoms with Crippen LogP contribution in [0.15, 0.2) is 24.3 Å². The average molecular weight is 264 g/mol. The molecule has 0 heterocycles. The third-order valence-electron chi connectivity index (χ3n) is 3.29. The lowest BCUT2D eigenvalue weighted by Crippen LogP contribution is -2.41. The molecular formula is C14H20N2O3. The van der Waals surface area contributed by atoms with Crippen LogP contribution in [0.25, 0.3) is 0 Å². The summed E-state index contributed by atoms with van der Waals surface area (Å²) in [6.07, 6.45) is 0.658. The lowest BCUT2D eigenvalue weighted by atomic mass is 9.87. The highest BCUT2D eigenvalue weighted by atomic mass is 16.4. The molecule has 4 N–H and O–H groups in total. The van der Waals surface area contributed by atoms with Gasteiger partial charge in [0.1, 0.15) is 0 Å². The van der Waals surface area contributed by atoms with Gasteiger partial charge in [0.05, 0.1) is 11.8 Å². The van der Waals surface area contributed by atoms with Crippen molar-refractivity contribution in [1.29, 1.82) is 0 Å². The molecule has 5 nitrogen and oxygen atoms in total. The largest absolute Gasteiger partial charge is 0.481 e. The van der Waals surface area contributed by atoms with Crippen molar-refractivity contribution >= 4 is 17.6 Å². The Morgan fingerprint density at radius 1 is 1.42 bits per heavy atom. The van der Waals surface area contributed by atoms with Gasteiger partial charge in [-0.2, -0.15) is 0 Å². The molecule has 5 heteroatoms. The number of amides is 1. The Balaban J connectivity index is 2.55. The van der Waals surface area contributed by atoms with E-state index in [0.29, 0.717) is 12.1 Å². The Morgan fingerprint density at radius 3 is 2.63 bits per heavy atom. The van der Waals surface area contributed by atoms with E-state index in [2.05, 4.69) is 5.32 Å². The molecule has 19 heavy (non-hydrogen) atoms. The molecule has 0 aliphatic carbocycles. The van der Waals surface area contributed by atoms with E-state index in [1.54, 1.807) is 32.0 Å². The third-order valence-corrected chi connectivity index (χ3v) is 3.29. The Kier molecular flexibility index (Phi) is 4.92. The molecule has 0 fully saturated rings. The molecule has 0 radical (unpaired) electrons. The fraction of sp³-hybridized carbons (Fsp3) is 0.429. The topological polar surface area (TPSA) is 92.4 Å². The minimum absolute atomic E-state index is 0.125. The number of carbonyl (C=O) groups is 2. The summed E-state index contributed by atoms with van der Waals surface area (Å²) < 4.78 is 0. The number of carbonyl (C=O) groups excluding carboxylic acids is 1. The van der Waals surface area contributed by atoms with Crippen molar-refractivity contribution in [3.8, 4) is 0 Å². The fourth-order valence-electron chi connectivity index (χ4n) is 1.60. The van der Waals surface area contributed by atoms with Gasteiger partial charge >= 0.3 is 5.97 Å². The van der Waals surface area contributed by atoms with Crippen molar-refractivity contribution in [2.75, 3.05) is 12.3 Å². The highest BCUT2D eigenvalue weighted by Crippen LogP contribution is 2.19. The number of carboxylic acid groups (broad SMARTS) is 1. The number of benzene rings is 1. The molecule has 1 rings (SSSR count). The summed E-state index contributed by atoms with van der Waals surface area (Å²) in [7, 11) is 0. The second-order valence-electron chi connectivity index (χ2n) is 4.92. The molecule has 0 saturated heterocycles. The first-order valence-electron chi connectivity index (χ1n) is 6.22. The maximum atomic E-state index is 11.8. The van der Waals surface area contributed by atoms with Crippen LogP contribution >= 0.6 is 0 Å². The lowest BCUT2D eigenvalue weighted by molar-refractivity contribution is -0.148. The Morgan fingerprint density at radius 2 is 2.11 bits per heavy atom. The number of hydrogen-bond acceptors (Lipinski definition) is 3. The van der Waals surface area contributed by atoms with Gasteiger partial charge in [-0.3, -0.25) is 9.59 Å². The van der Waals surface area contributed by atoms with Gasteiger partial charge in [-0.05, 0) is 31.0 Å². The van der Waals surface area contributed by atoms with Crippen LogP contribution in [0, 0.1) is 5.41 Å². The summed E-state index contributed by atoms with van der Waals surface area (Å²) in [5, 5.41) is 11.8. The van der Waals surface area contributed by atoms with Crippen LogP contribution in [0.1, 0.15) is 25.8 Å². The summed E-state index contributed by atoms with van der Waals surface area (Å²) in [4.78, 5) is 22.9. The van der Waals surface area contributed by atoms with Crippen molar-refractivity contribution in [3.05, 3.63) is 29.8 Å². The van der Waals surface area contributed by atoms with E-state index in [1.807, 2.05) is 6.07 Å². The minimum atomic E-state index is -0.925. The summed E-state index contributed by atoms with van der Waals surface area (Å²) in [6.45, 7) is 3.54. The first-order chi connectivity index (χ1) is 8.87. The zero-order chi connectivity index (χ0) is 14.5. The molecule has 0 aliphatic heterocycles. The van der Waals surface area contributed by atoms with Crippen molar-refractivity contribution in [3.63, 3.8) is 0 Å². The summed E-state index contributed by atoms with van der Waals surface area (Å²) in [6, 6.07) is 7.08. The molecule has 0 aromatic heterocycles. The molecule has 104 valence electrons. The predicted molar refractivity (Wildman–Crippen MR) is 73.6 cm³/mol. The number of rotatable bonds is 6. The molecular weight excluding hydrogens is 244 g/mol. The van der Waals surface area contributed by atoms with Crippen molar-refractivity contribution in [2.45, 2.75) is 26.7 Å². The maximum absolute atomic E-state index is 11.8. The smallest absolute Gasteiger partial charge is 0.311 e. The number of nitrogen functional groups attached to an aromatic ring is 1. The van der Waals surface area contributed by atoms with Gasteiger partial charge < -0.3 is 16.2 Å². The van der Waals surface area contributed by atoms with E-state index in [9.17, 15) is 9.59 Å². The van der Waals surface area contributed by atoms with Crippen molar-refractivity contribution in [2.24, 2.45) is 5.41 Å². The maximum Gasteiger partial charge on any atom is 0.311 e. The second-order valence-corrected chi connectivity index (χ2v) is 4.92.